The molecular weight excluding hydrogens is 242 g/mol. The van der Waals surface area contributed by atoms with Gasteiger partial charge in [-0.25, -0.2) is 4.79 Å². The van der Waals surface area contributed by atoms with Crippen molar-refractivity contribution in [2.75, 3.05) is 0 Å². The summed E-state index contributed by atoms with van der Waals surface area (Å²) in [6.07, 6.45) is 6.83. The third kappa shape index (κ3) is 2.97. The highest BCUT2D eigenvalue weighted by Gasteiger charge is 2.21. The van der Waals surface area contributed by atoms with Gasteiger partial charge in [0.2, 0.25) is 0 Å². The van der Waals surface area contributed by atoms with Gasteiger partial charge in [-0.05, 0) is 25.7 Å². The molecule has 19 heavy (non-hydrogen) atoms. The Morgan fingerprint density at radius 1 is 1.32 bits per heavy atom. The number of nitrogens with zero attached hydrogens (tertiary/aromatic N) is 2. The van der Waals surface area contributed by atoms with Crippen LogP contribution in [0.25, 0.3) is 0 Å². The Kier molecular flexibility index (Phi) is 4.24. The molecule has 0 spiro atoms. The molecule has 0 amide bonds. The average Bonchev–Trinajstić information content (AvgIpc) is 2.92. The predicted octanol–water partition coefficient (Wildman–Crippen LogP) is 0.752. The van der Waals surface area contributed by atoms with Crippen molar-refractivity contribution < 1.29 is 0 Å². The smallest absolute Gasteiger partial charge is 0.310 e. The Hall–Kier alpha value is -1.36. The minimum absolute atomic E-state index is 0.200. The molecule has 0 aliphatic heterocycles. The quantitative estimate of drug-likeness (QED) is 0.874. The first kappa shape index (κ1) is 14.1. The Bertz CT molecular complexity index is 553. The van der Waals surface area contributed by atoms with Crippen molar-refractivity contribution in [2.45, 2.75) is 45.2 Å². The zero-order valence-corrected chi connectivity index (χ0v) is 12.0. The van der Waals surface area contributed by atoms with Gasteiger partial charge in [0.05, 0.1) is 0 Å². The topological polar surface area (TPSA) is 56.0 Å². The van der Waals surface area contributed by atoms with Crippen molar-refractivity contribution in [3.05, 3.63) is 32.6 Å². The van der Waals surface area contributed by atoms with Crippen molar-refractivity contribution in [1.29, 1.82) is 0 Å². The van der Waals surface area contributed by atoms with Gasteiger partial charge in [-0.3, -0.25) is 9.36 Å². The van der Waals surface area contributed by atoms with Crippen molar-refractivity contribution >= 4 is 0 Å². The van der Waals surface area contributed by atoms with Crippen LogP contribution in [0, 0.1) is 5.92 Å². The monoisotopic (exact) mass is 265 g/mol. The van der Waals surface area contributed by atoms with Crippen molar-refractivity contribution in [3.8, 4) is 0 Å². The Labute approximate surface area is 113 Å². The van der Waals surface area contributed by atoms with Gasteiger partial charge in [-0.2, -0.15) is 0 Å². The molecule has 1 aliphatic rings. The molecule has 0 radical (unpaired) electrons. The first-order valence-corrected chi connectivity index (χ1v) is 6.99. The van der Waals surface area contributed by atoms with E-state index < -0.39 is 0 Å². The summed E-state index contributed by atoms with van der Waals surface area (Å²) in [6.45, 7) is 2.71. The van der Waals surface area contributed by atoms with Crippen LogP contribution in [-0.2, 0) is 20.6 Å². The summed E-state index contributed by atoms with van der Waals surface area (Å²) in [6, 6.07) is 0.421. The lowest BCUT2D eigenvalue weighted by Crippen LogP contribution is -2.41. The van der Waals surface area contributed by atoms with Crippen LogP contribution in [0.15, 0.2) is 15.8 Å². The van der Waals surface area contributed by atoms with Crippen LogP contribution >= 0.6 is 0 Å². The molecule has 1 saturated carbocycles. The fourth-order valence-electron chi connectivity index (χ4n) is 2.90. The van der Waals surface area contributed by atoms with Crippen molar-refractivity contribution in [2.24, 2.45) is 20.0 Å². The third-order valence-corrected chi connectivity index (χ3v) is 4.24. The van der Waals surface area contributed by atoms with Crippen LogP contribution in [-0.4, -0.2) is 15.2 Å². The van der Waals surface area contributed by atoms with Crippen LogP contribution in [0.4, 0.5) is 0 Å². The maximum Gasteiger partial charge on any atom is 0.330 e. The summed E-state index contributed by atoms with van der Waals surface area (Å²) in [5.41, 5.74) is 0.168. The van der Waals surface area contributed by atoms with E-state index in [1.54, 1.807) is 13.2 Å². The Morgan fingerprint density at radius 2 is 1.95 bits per heavy atom. The largest absolute Gasteiger partial charge is 0.330 e. The molecule has 0 aromatic carbocycles. The first-order valence-electron chi connectivity index (χ1n) is 6.99. The molecule has 1 atom stereocenters. The molecule has 1 unspecified atom stereocenters. The lowest BCUT2D eigenvalue weighted by molar-refractivity contribution is 0.379. The van der Waals surface area contributed by atoms with Crippen LogP contribution in [0.5, 0.6) is 0 Å². The molecule has 5 heteroatoms. The normalized spacial score (nSPS) is 17.8. The van der Waals surface area contributed by atoms with Crippen LogP contribution < -0.4 is 16.6 Å². The molecule has 1 aliphatic carbocycles. The SMILES string of the molecule is CC(NCc1cn(C)c(=O)n(C)c1=O)C1CCCC1. The zero-order valence-electron chi connectivity index (χ0n) is 12.0. The van der Waals surface area contributed by atoms with Gasteiger partial charge >= 0.3 is 5.69 Å². The summed E-state index contributed by atoms with van der Waals surface area (Å²) < 4.78 is 2.62. The summed E-state index contributed by atoms with van der Waals surface area (Å²) in [4.78, 5) is 23.6. The molecule has 1 N–H and O–H groups in total. The van der Waals surface area contributed by atoms with E-state index in [1.807, 2.05) is 0 Å². The lowest BCUT2D eigenvalue weighted by atomic mass is 10.00. The maximum atomic E-state index is 12.0. The van der Waals surface area contributed by atoms with E-state index >= 15 is 0 Å². The van der Waals surface area contributed by atoms with Gasteiger partial charge in [0.1, 0.15) is 0 Å². The second-order valence-electron chi connectivity index (χ2n) is 5.63. The predicted molar refractivity (Wildman–Crippen MR) is 75.2 cm³/mol. The van der Waals surface area contributed by atoms with E-state index in [9.17, 15) is 9.59 Å². The van der Waals surface area contributed by atoms with E-state index in [0.29, 0.717) is 18.2 Å². The van der Waals surface area contributed by atoms with Gasteiger partial charge in [-0.15, -0.1) is 0 Å². The molecule has 5 nitrogen and oxygen atoms in total. The third-order valence-electron chi connectivity index (χ3n) is 4.24. The highest BCUT2D eigenvalue weighted by Crippen LogP contribution is 2.27. The minimum Gasteiger partial charge on any atom is -0.310 e. The maximum absolute atomic E-state index is 12.0. The second kappa shape index (κ2) is 5.74. The number of aryl methyl sites for hydroxylation is 1. The van der Waals surface area contributed by atoms with E-state index in [-0.39, 0.29) is 11.2 Å². The zero-order chi connectivity index (χ0) is 14.0. The lowest BCUT2D eigenvalue weighted by Gasteiger charge is -2.20. The molecule has 1 aromatic heterocycles. The van der Waals surface area contributed by atoms with E-state index in [0.717, 1.165) is 10.5 Å². The number of nitrogens with one attached hydrogen (secondary N) is 1. The standard InChI is InChI=1S/C14H23N3O2/c1-10(11-6-4-5-7-11)15-8-12-9-16(2)14(19)17(3)13(12)18/h9-11,15H,4-8H2,1-3H3. The number of aromatic nitrogens is 2. The first-order chi connectivity index (χ1) is 9.00. The molecule has 1 fully saturated rings. The minimum atomic E-state index is -0.280. The van der Waals surface area contributed by atoms with Gasteiger partial charge in [-0.1, -0.05) is 12.8 Å². The number of rotatable bonds is 4. The van der Waals surface area contributed by atoms with Crippen molar-refractivity contribution in [1.82, 2.24) is 14.5 Å². The number of hydrogen-bond donors (Lipinski definition) is 1. The van der Waals surface area contributed by atoms with Gasteiger partial charge in [0, 0.05) is 38.4 Å². The Morgan fingerprint density at radius 3 is 2.58 bits per heavy atom. The van der Waals surface area contributed by atoms with Crippen molar-refractivity contribution in [3.63, 3.8) is 0 Å². The van der Waals surface area contributed by atoms with Crippen LogP contribution in [0.2, 0.25) is 0 Å². The summed E-state index contributed by atoms with van der Waals surface area (Å²) >= 11 is 0. The highest BCUT2D eigenvalue weighted by atomic mass is 16.2. The summed E-state index contributed by atoms with van der Waals surface area (Å²) in [7, 11) is 3.19. The molecule has 1 aromatic rings. The fourth-order valence-corrected chi connectivity index (χ4v) is 2.90. The molecule has 2 rings (SSSR count). The number of hydrogen-bond acceptors (Lipinski definition) is 3. The van der Waals surface area contributed by atoms with Gasteiger partial charge in [0.15, 0.2) is 0 Å². The Balaban J connectivity index is 2.07. The molecule has 0 bridgehead atoms. The van der Waals surface area contributed by atoms with E-state index in [2.05, 4.69) is 12.2 Å². The van der Waals surface area contributed by atoms with Crippen LogP contribution in [0.3, 0.4) is 0 Å². The van der Waals surface area contributed by atoms with Crippen LogP contribution in [0.1, 0.15) is 38.2 Å². The van der Waals surface area contributed by atoms with E-state index in [4.69, 9.17) is 0 Å². The van der Waals surface area contributed by atoms with Gasteiger partial charge in [0.25, 0.3) is 5.56 Å². The molecule has 106 valence electrons. The highest BCUT2D eigenvalue weighted by molar-refractivity contribution is 5.05. The second-order valence-corrected chi connectivity index (χ2v) is 5.63. The molecule has 0 saturated heterocycles. The van der Waals surface area contributed by atoms with Gasteiger partial charge < -0.3 is 9.88 Å². The van der Waals surface area contributed by atoms with E-state index in [1.165, 1.54) is 37.3 Å². The summed E-state index contributed by atoms with van der Waals surface area (Å²) in [5.74, 6) is 0.719. The molecular formula is C14H23N3O2. The fraction of sp³-hybridized carbons (Fsp3) is 0.714. The average molecular weight is 265 g/mol. The molecule has 1 heterocycles. The summed E-state index contributed by atoms with van der Waals surface area (Å²) in [5, 5.41) is 3.43.